The van der Waals surface area contributed by atoms with Crippen LogP contribution in [0.1, 0.15) is 23.2 Å². The first-order valence-electron chi connectivity index (χ1n) is 5.95. The van der Waals surface area contributed by atoms with E-state index in [1.165, 1.54) is 21.7 Å². The Hall–Kier alpha value is -1.45. The molecule has 2 rings (SSSR count). The van der Waals surface area contributed by atoms with Gasteiger partial charge in [-0.15, -0.1) is 11.3 Å². The van der Waals surface area contributed by atoms with Gasteiger partial charge in [0.2, 0.25) is 15.9 Å². The highest BCUT2D eigenvalue weighted by atomic mass is 32.2. The van der Waals surface area contributed by atoms with E-state index in [0.29, 0.717) is 24.4 Å². The molecule has 110 valence electrons. The van der Waals surface area contributed by atoms with Crippen molar-refractivity contribution in [2.24, 2.45) is 5.73 Å². The van der Waals surface area contributed by atoms with E-state index >= 15 is 0 Å². The number of nitrogens with zero attached hydrogens (tertiary/aromatic N) is 1. The molecule has 7 nitrogen and oxygen atoms in total. The number of hydrogen-bond donors (Lipinski definition) is 2. The first-order chi connectivity index (χ1) is 9.30. The fourth-order valence-corrected chi connectivity index (χ4v) is 4.11. The number of hydrogen-bond acceptors (Lipinski definition) is 5. The molecule has 0 unspecified atom stereocenters. The molecular weight excluding hydrogens is 302 g/mol. The summed E-state index contributed by atoms with van der Waals surface area (Å²) in [6.45, 7) is 0.337. The zero-order chi connectivity index (χ0) is 14.9. The predicted octanol–water partition coefficient (Wildman–Crippen LogP) is 0.209. The first kappa shape index (κ1) is 14.9. The van der Waals surface area contributed by atoms with E-state index in [1.807, 2.05) is 0 Å². The molecule has 0 saturated carbocycles. The Morgan fingerprint density at radius 2 is 2.20 bits per heavy atom. The molecule has 9 heteroatoms. The topological polar surface area (TPSA) is 110 Å². The van der Waals surface area contributed by atoms with E-state index in [4.69, 9.17) is 5.73 Å². The number of nitrogens with one attached hydrogen (secondary N) is 1. The Morgan fingerprint density at radius 1 is 1.50 bits per heavy atom. The van der Waals surface area contributed by atoms with Crippen LogP contribution in [0.25, 0.3) is 0 Å². The monoisotopic (exact) mass is 317 g/mol. The van der Waals surface area contributed by atoms with Gasteiger partial charge in [0.15, 0.2) is 0 Å². The van der Waals surface area contributed by atoms with Crippen LogP contribution in [0, 0.1) is 0 Å². The summed E-state index contributed by atoms with van der Waals surface area (Å²) in [6.07, 6.45) is 2.19. The summed E-state index contributed by atoms with van der Waals surface area (Å²) in [5.41, 5.74) is 5.42. The molecule has 0 spiro atoms. The van der Waals surface area contributed by atoms with Crippen LogP contribution >= 0.6 is 11.3 Å². The van der Waals surface area contributed by atoms with Crippen molar-refractivity contribution >= 4 is 38.2 Å². The van der Waals surface area contributed by atoms with E-state index in [0.717, 1.165) is 6.26 Å². The molecule has 0 radical (unpaired) electrons. The molecular formula is C11H15N3O4S2. The van der Waals surface area contributed by atoms with Crippen molar-refractivity contribution in [1.29, 1.82) is 0 Å². The fraction of sp³-hybridized carbons (Fsp3) is 0.455. The number of carbonyl (C=O) groups excluding carboxylic acids is 2. The minimum absolute atomic E-state index is 0.229. The standard InChI is InChI=1S/C11H15N3O4S2/c1-20(17,18)14-5-2-3-8(14)10(16)13-11-7(9(12)15)4-6-19-11/h4,6,8H,2-3,5H2,1H3,(H2,12,15)(H,13,16)/t8-/m1/s1. The van der Waals surface area contributed by atoms with E-state index in [-0.39, 0.29) is 5.56 Å². The average molecular weight is 317 g/mol. The highest BCUT2D eigenvalue weighted by molar-refractivity contribution is 7.88. The molecule has 1 aliphatic rings. The van der Waals surface area contributed by atoms with Gasteiger partial charge in [-0.1, -0.05) is 0 Å². The number of amides is 2. The van der Waals surface area contributed by atoms with Crippen LogP contribution in [0.3, 0.4) is 0 Å². The summed E-state index contributed by atoms with van der Waals surface area (Å²) in [6, 6.07) is 0.791. The Balaban J connectivity index is 2.16. The second-order valence-electron chi connectivity index (χ2n) is 4.55. The molecule has 20 heavy (non-hydrogen) atoms. The molecule has 2 amide bonds. The van der Waals surface area contributed by atoms with Crippen LogP contribution in [0.2, 0.25) is 0 Å². The third-order valence-electron chi connectivity index (χ3n) is 3.10. The van der Waals surface area contributed by atoms with Crippen LogP contribution < -0.4 is 11.1 Å². The lowest BCUT2D eigenvalue weighted by atomic mass is 10.2. The van der Waals surface area contributed by atoms with Gasteiger partial charge in [0.1, 0.15) is 11.0 Å². The second kappa shape index (κ2) is 5.51. The van der Waals surface area contributed by atoms with Crippen molar-refractivity contribution < 1.29 is 18.0 Å². The molecule has 1 aromatic rings. The van der Waals surface area contributed by atoms with E-state index < -0.39 is 27.9 Å². The van der Waals surface area contributed by atoms with Gasteiger partial charge in [-0.05, 0) is 24.3 Å². The number of sulfonamides is 1. The largest absolute Gasteiger partial charge is 0.366 e. The maximum Gasteiger partial charge on any atom is 0.251 e. The molecule has 1 aliphatic heterocycles. The summed E-state index contributed by atoms with van der Waals surface area (Å²) < 4.78 is 24.4. The Labute approximate surface area is 120 Å². The molecule has 1 aromatic heterocycles. The van der Waals surface area contributed by atoms with Crippen molar-refractivity contribution in [2.75, 3.05) is 18.1 Å². The van der Waals surface area contributed by atoms with Crippen LogP contribution in [-0.4, -0.2) is 43.4 Å². The highest BCUT2D eigenvalue weighted by Gasteiger charge is 2.36. The molecule has 1 atom stereocenters. The smallest absolute Gasteiger partial charge is 0.251 e. The van der Waals surface area contributed by atoms with Crippen molar-refractivity contribution in [1.82, 2.24) is 4.31 Å². The van der Waals surface area contributed by atoms with Gasteiger partial charge in [0.25, 0.3) is 5.91 Å². The summed E-state index contributed by atoms with van der Waals surface area (Å²) in [7, 11) is -3.42. The fourth-order valence-electron chi connectivity index (χ4n) is 2.19. The SMILES string of the molecule is CS(=O)(=O)N1CCC[C@@H]1C(=O)Nc1sccc1C(N)=O. The minimum Gasteiger partial charge on any atom is -0.366 e. The molecule has 1 fully saturated rings. The minimum atomic E-state index is -3.42. The molecule has 3 N–H and O–H groups in total. The van der Waals surface area contributed by atoms with Crippen molar-refractivity contribution in [3.05, 3.63) is 17.0 Å². The first-order valence-corrected chi connectivity index (χ1v) is 8.68. The van der Waals surface area contributed by atoms with Crippen LogP contribution in [0.5, 0.6) is 0 Å². The molecule has 1 saturated heterocycles. The summed E-state index contributed by atoms with van der Waals surface area (Å²) in [5, 5.41) is 4.58. The normalized spacial score (nSPS) is 19.9. The second-order valence-corrected chi connectivity index (χ2v) is 7.40. The zero-order valence-electron chi connectivity index (χ0n) is 10.8. The van der Waals surface area contributed by atoms with E-state index in [9.17, 15) is 18.0 Å². The molecule has 0 aliphatic carbocycles. The van der Waals surface area contributed by atoms with Gasteiger partial charge >= 0.3 is 0 Å². The number of nitrogens with two attached hydrogens (primary N) is 1. The maximum absolute atomic E-state index is 12.2. The van der Waals surface area contributed by atoms with Gasteiger partial charge in [0, 0.05) is 6.54 Å². The lowest BCUT2D eigenvalue weighted by Gasteiger charge is -2.21. The number of rotatable bonds is 4. The summed E-state index contributed by atoms with van der Waals surface area (Å²) >= 11 is 1.17. The lowest BCUT2D eigenvalue weighted by molar-refractivity contribution is -0.119. The van der Waals surface area contributed by atoms with Crippen molar-refractivity contribution in [2.45, 2.75) is 18.9 Å². The predicted molar refractivity (Wildman–Crippen MR) is 76.0 cm³/mol. The maximum atomic E-state index is 12.2. The summed E-state index contributed by atoms with van der Waals surface area (Å²) in [5.74, 6) is -1.06. The van der Waals surface area contributed by atoms with Gasteiger partial charge < -0.3 is 11.1 Å². The van der Waals surface area contributed by atoms with Gasteiger partial charge in [0.05, 0.1) is 11.8 Å². The Bertz CT molecular complexity index is 638. The number of anilines is 1. The number of thiophene rings is 1. The van der Waals surface area contributed by atoms with Crippen LogP contribution in [-0.2, 0) is 14.8 Å². The zero-order valence-corrected chi connectivity index (χ0v) is 12.5. The van der Waals surface area contributed by atoms with E-state index in [2.05, 4.69) is 5.32 Å². The average Bonchev–Trinajstić information content (AvgIpc) is 2.95. The number of primary amides is 1. The van der Waals surface area contributed by atoms with Crippen LogP contribution in [0.4, 0.5) is 5.00 Å². The molecule has 2 heterocycles. The molecule has 0 bridgehead atoms. The Kier molecular flexibility index (Phi) is 4.11. The molecule has 0 aromatic carbocycles. The van der Waals surface area contributed by atoms with Crippen molar-refractivity contribution in [3.8, 4) is 0 Å². The van der Waals surface area contributed by atoms with Crippen molar-refractivity contribution in [3.63, 3.8) is 0 Å². The van der Waals surface area contributed by atoms with Gasteiger partial charge in [-0.3, -0.25) is 9.59 Å². The Morgan fingerprint density at radius 3 is 2.80 bits per heavy atom. The van der Waals surface area contributed by atoms with Gasteiger partial charge in [-0.25, -0.2) is 8.42 Å². The van der Waals surface area contributed by atoms with Gasteiger partial charge in [-0.2, -0.15) is 4.31 Å². The third-order valence-corrected chi connectivity index (χ3v) is 5.22. The third kappa shape index (κ3) is 3.00. The number of carbonyl (C=O) groups is 2. The summed E-state index contributed by atoms with van der Waals surface area (Å²) in [4.78, 5) is 23.4. The lowest BCUT2D eigenvalue weighted by Crippen LogP contribution is -2.42. The quantitative estimate of drug-likeness (QED) is 0.827. The van der Waals surface area contributed by atoms with E-state index in [1.54, 1.807) is 5.38 Å². The highest BCUT2D eigenvalue weighted by Crippen LogP contribution is 2.26. The van der Waals surface area contributed by atoms with Crippen LogP contribution in [0.15, 0.2) is 11.4 Å².